The van der Waals surface area contributed by atoms with Gasteiger partial charge in [0.2, 0.25) is 12.4 Å². The van der Waals surface area contributed by atoms with Crippen molar-refractivity contribution in [1.29, 1.82) is 0 Å². The smallest absolute Gasteiger partial charge is 0.224 e. The van der Waals surface area contributed by atoms with Crippen molar-refractivity contribution < 1.29 is 9.18 Å². The van der Waals surface area contributed by atoms with Gasteiger partial charge < -0.3 is 15.1 Å². The summed E-state index contributed by atoms with van der Waals surface area (Å²) in [5, 5.41) is 3.14. The van der Waals surface area contributed by atoms with Gasteiger partial charge in [-0.1, -0.05) is 12.1 Å². The Morgan fingerprint density at radius 3 is 2.57 bits per heavy atom. The Bertz CT molecular complexity index is 656. The summed E-state index contributed by atoms with van der Waals surface area (Å²) in [6, 6.07) is 8.18. The molecule has 1 N–H and O–H groups in total. The number of aromatic nitrogens is 2. The SMILES string of the molecule is O=CN1CCN(c2ccnc(NCc3ccc(F)cc3)n2)CC1. The van der Waals surface area contributed by atoms with E-state index in [-0.39, 0.29) is 5.82 Å². The third-order valence-electron chi connectivity index (χ3n) is 3.79. The molecular formula is C16H18FN5O. The van der Waals surface area contributed by atoms with Crippen LogP contribution in [0.15, 0.2) is 36.5 Å². The molecule has 0 atom stereocenters. The molecule has 0 spiro atoms. The number of anilines is 2. The molecule has 2 aromatic rings. The lowest BCUT2D eigenvalue weighted by Gasteiger charge is -2.33. The van der Waals surface area contributed by atoms with Crippen LogP contribution >= 0.6 is 0 Å². The van der Waals surface area contributed by atoms with Crippen LogP contribution in [0.4, 0.5) is 16.2 Å². The van der Waals surface area contributed by atoms with Crippen LogP contribution in [0.5, 0.6) is 0 Å². The Hall–Kier alpha value is -2.70. The summed E-state index contributed by atoms with van der Waals surface area (Å²) in [5.74, 6) is 1.12. The molecule has 1 aliphatic rings. The average molecular weight is 315 g/mol. The van der Waals surface area contributed by atoms with Gasteiger partial charge in [-0.25, -0.2) is 9.37 Å². The lowest BCUT2D eigenvalue weighted by atomic mass is 10.2. The minimum Gasteiger partial charge on any atom is -0.353 e. The Balaban J connectivity index is 1.61. The van der Waals surface area contributed by atoms with E-state index in [1.165, 1.54) is 12.1 Å². The zero-order chi connectivity index (χ0) is 16.1. The summed E-state index contributed by atoms with van der Waals surface area (Å²) < 4.78 is 12.9. The van der Waals surface area contributed by atoms with Crippen LogP contribution in [0.1, 0.15) is 5.56 Å². The van der Waals surface area contributed by atoms with Crippen LogP contribution in [-0.2, 0) is 11.3 Å². The van der Waals surface area contributed by atoms with Gasteiger partial charge in [0.05, 0.1) is 0 Å². The van der Waals surface area contributed by atoms with E-state index < -0.39 is 0 Å². The standard InChI is InChI=1S/C16H18FN5O/c17-14-3-1-13(2-4-14)11-19-16-18-6-5-15(20-16)22-9-7-21(12-23)8-10-22/h1-6,12H,7-11H2,(H,18,19,20). The summed E-state index contributed by atoms with van der Waals surface area (Å²) in [7, 11) is 0. The number of carbonyl (C=O) groups is 1. The molecular weight excluding hydrogens is 297 g/mol. The average Bonchev–Trinajstić information content (AvgIpc) is 2.61. The maximum Gasteiger partial charge on any atom is 0.224 e. The highest BCUT2D eigenvalue weighted by Crippen LogP contribution is 2.15. The monoisotopic (exact) mass is 315 g/mol. The van der Waals surface area contributed by atoms with Gasteiger partial charge in [0.25, 0.3) is 0 Å². The molecule has 23 heavy (non-hydrogen) atoms. The van der Waals surface area contributed by atoms with E-state index in [2.05, 4.69) is 20.2 Å². The van der Waals surface area contributed by atoms with Crippen molar-refractivity contribution in [2.24, 2.45) is 0 Å². The summed E-state index contributed by atoms with van der Waals surface area (Å²) in [4.78, 5) is 23.3. The lowest BCUT2D eigenvalue weighted by molar-refractivity contribution is -0.118. The topological polar surface area (TPSA) is 61.4 Å². The number of rotatable bonds is 5. The molecule has 0 aliphatic carbocycles. The molecule has 0 radical (unpaired) electrons. The van der Waals surface area contributed by atoms with E-state index in [0.29, 0.717) is 25.6 Å². The number of piperazine rings is 1. The number of halogens is 1. The zero-order valence-corrected chi connectivity index (χ0v) is 12.7. The molecule has 1 fully saturated rings. The number of nitrogens with one attached hydrogen (secondary N) is 1. The van der Waals surface area contributed by atoms with E-state index in [1.54, 1.807) is 23.2 Å². The number of hydrogen-bond acceptors (Lipinski definition) is 5. The summed E-state index contributed by atoms with van der Waals surface area (Å²) in [6.07, 6.45) is 2.59. The molecule has 0 unspecified atom stereocenters. The molecule has 6 nitrogen and oxygen atoms in total. The highest BCUT2D eigenvalue weighted by molar-refractivity contribution is 5.49. The number of hydrogen-bond donors (Lipinski definition) is 1. The van der Waals surface area contributed by atoms with Crippen molar-refractivity contribution in [2.75, 3.05) is 36.4 Å². The van der Waals surface area contributed by atoms with Gasteiger partial charge in [-0.05, 0) is 23.8 Å². The Kier molecular flexibility index (Phi) is 4.65. The molecule has 1 saturated heterocycles. The fraction of sp³-hybridized carbons (Fsp3) is 0.312. The molecule has 0 saturated carbocycles. The van der Waals surface area contributed by atoms with Crippen molar-refractivity contribution in [2.45, 2.75) is 6.54 Å². The van der Waals surface area contributed by atoms with Crippen LogP contribution in [-0.4, -0.2) is 47.5 Å². The van der Waals surface area contributed by atoms with Gasteiger partial charge >= 0.3 is 0 Å². The van der Waals surface area contributed by atoms with Gasteiger partial charge in [-0.2, -0.15) is 4.98 Å². The van der Waals surface area contributed by atoms with E-state index in [4.69, 9.17) is 0 Å². The molecule has 1 aliphatic heterocycles. The fourth-order valence-electron chi connectivity index (χ4n) is 2.45. The van der Waals surface area contributed by atoms with Crippen molar-refractivity contribution in [3.05, 3.63) is 47.9 Å². The quantitative estimate of drug-likeness (QED) is 0.848. The Morgan fingerprint density at radius 2 is 1.87 bits per heavy atom. The van der Waals surface area contributed by atoms with E-state index in [9.17, 15) is 9.18 Å². The second kappa shape index (κ2) is 7.04. The predicted octanol–water partition coefficient (Wildman–Crippen LogP) is 1.51. The first-order valence-corrected chi connectivity index (χ1v) is 7.50. The van der Waals surface area contributed by atoms with Crippen LogP contribution in [0.2, 0.25) is 0 Å². The summed E-state index contributed by atoms with van der Waals surface area (Å²) >= 11 is 0. The Morgan fingerprint density at radius 1 is 1.13 bits per heavy atom. The zero-order valence-electron chi connectivity index (χ0n) is 12.7. The second-order valence-electron chi connectivity index (χ2n) is 5.35. The van der Waals surface area contributed by atoms with E-state index >= 15 is 0 Å². The van der Waals surface area contributed by atoms with Gasteiger partial charge in [0.1, 0.15) is 11.6 Å². The Labute approximate surface area is 134 Å². The first kappa shape index (κ1) is 15.2. The number of carbonyl (C=O) groups excluding carboxylic acids is 1. The minimum atomic E-state index is -0.249. The molecule has 1 aromatic heterocycles. The molecule has 2 heterocycles. The fourth-order valence-corrected chi connectivity index (χ4v) is 2.45. The van der Waals surface area contributed by atoms with Crippen molar-refractivity contribution in [3.8, 4) is 0 Å². The van der Waals surface area contributed by atoms with Crippen molar-refractivity contribution in [1.82, 2.24) is 14.9 Å². The molecule has 120 valence electrons. The van der Waals surface area contributed by atoms with Crippen LogP contribution < -0.4 is 10.2 Å². The molecule has 3 rings (SSSR count). The van der Waals surface area contributed by atoms with Crippen LogP contribution in [0, 0.1) is 5.82 Å². The normalized spacial score (nSPS) is 14.7. The van der Waals surface area contributed by atoms with Crippen molar-refractivity contribution >= 4 is 18.2 Å². The predicted molar refractivity (Wildman–Crippen MR) is 85.6 cm³/mol. The van der Waals surface area contributed by atoms with Gasteiger partial charge in [0, 0.05) is 38.9 Å². The number of nitrogens with zero attached hydrogens (tertiary/aromatic N) is 4. The first-order valence-electron chi connectivity index (χ1n) is 7.50. The van der Waals surface area contributed by atoms with E-state index in [0.717, 1.165) is 30.9 Å². The second-order valence-corrected chi connectivity index (χ2v) is 5.35. The third kappa shape index (κ3) is 3.94. The molecule has 1 amide bonds. The number of amides is 1. The van der Waals surface area contributed by atoms with Crippen molar-refractivity contribution in [3.63, 3.8) is 0 Å². The minimum absolute atomic E-state index is 0.249. The highest BCUT2D eigenvalue weighted by atomic mass is 19.1. The maximum absolute atomic E-state index is 12.9. The largest absolute Gasteiger partial charge is 0.353 e. The van der Waals surface area contributed by atoms with Crippen LogP contribution in [0.25, 0.3) is 0 Å². The summed E-state index contributed by atoms with van der Waals surface area (Å²) in [5.41, 5.74) is 0.958. The lowest BCUT2D eigenvalue weighted by Crippen LogP contribution is -2.46. The highest BCUT2D eigenvalue weighted by Gasteiger charge is 2.17. The molecule has 0 bridgehead atoms. The summed E-state index contributed by atoms with van der Waals surface area (Å²) in [6.45, 7) is 3.45. The first-order chi connectivity index (χ1) is 11.2. The number of benzene rings is 1. The molecule has 7 heteroatoms. The van der Waals surface area contributed by atoms with Crippen LogP contribution in [0.3, 0.4) is 0 Å². The van der Waals surface area contributed by atoms with Gasteiger partial charge in [-0.3, -0.25) is 4.79 Å². The molecule has 1 aromatic carbocycles. The maximum atomic E-state index is 12.9. The van der Waals surface area contributed by atoms with Gasteiger partial charge in [0.15, 0.2) is 0 Å². The van der Waals surface area contributed by atoms with E-state index in [1.807, 2.05) is 6.07 Å². The van der Waals surface area contributed by atoms with Gasteiger partial charge in [-0.15, -0.1) is 0 Å². The third-order valence-corrected chi connectivity index (χ3v) is 3.79.